The minimum atomic E-state index is 0.0417. The summed E-state index contributed by atoms with van der Waals surface area (Å²) in [5.74, 6) is 1.61. The second kappa shape index (κ2) is 7.21. The highest BCUT2D eigenvalue weighted by molar-refractivity contribution is 8.14. The van der Waals surface area contributed by atoms with Crippen LogP contribution in [0.15, 0.2) is 52.6 Å². The van der Waals surface area contributed by atoms with E-state index in [9.17, 15) is 4.79 Å². The first-order valence-corrected chi connectivity index (χ1v) is 9.40. The number of amides is 1. The molecule has 7 heteroatoms. The molecule has 0 aliphatic carbocycles. The molecule has 0 spiro atoms. The van der Waals surface area contributed by atoms with Crippen LogP contribution >= 0.6 is 11.8 Å². The molecule has 1 amide bonds. The Morgan fingerprint density at radius 3 is 2.81 bits per heavy atom. The summed E-state index contributed by atoms with van der Waals surface area (Å²) >= 11 is 1.60. The molecule has 2 aromatic carbocycles. The number of carbonyl (C=O) groups excluding carboxylic acids is 1. The first-order chi connectivity index (χ1) is 12.7. The van der Waals surface area contributed by atoms with Gasteiger partial charge in [0.05, 0.1) is 24.4 Å². The van der Waals surface area contributed by atoms with Gasteiger partial charge in [0.25, 0.3) is 0 Å². The van der Waals surface area contributed by atoms with Crippen molar-refractivity contribution < 1.29 is 9.53 Å². The Balaban J connectivity index is 1.46. The lowest BCUT2D eigenvalue weighted by Crippen LogP contribution is -2.25. The second-order valence-electron chi connectivity index (χ2n) is 5.90. The summed E-state index contributed by atoms with van der Waals surface area (Å²) < 4.78 is 5.44. The van der Waals surface area contributed by atoms with Gasteiger partial charge in [-0.15, -0.1) is 0 Å². The molecule has 2 heterocycles. The van der Waals surface area contributed by atoms with E-state index in [0.29, 0.717) is 13.0 Å². The summed E-state index contributed by atoms with van der Waals surface area (Å²) in [6.45, 7) is 2.61. The van der Waals surface area contributed by atoms with Gasteiger partial charge in [0.15, 0.2) is 5.17 Å². The highest BCUT2D eigenvalue weighted by Crippen LogP contribution is 2.26. The zero-order valence-electron chi connectivity index (χ0n) is 14.3. The van der Waals surface area contributed by atoms with E-state index in [1.54, 1.807) is 11.8 Å². The fourth-order valence-corrected chi connectivity index (χ4v) is 3.62. The number of rotatable bonds is 4. The van der Waals surface area contributed by atoms with Crippen LogP contribution < -0.4 is 15.5 Å². The van der Waals surface area contributed by atoms with Crippen LogP contribution in [0, 0.1) is 0 Å². The zero-order chi connectivity index (χ0) is 17.9. The number of amidine groups is 1. The highest BCUT2D eigenvalue weighted by atomic mass is 32.2. The molecule has 2 aliphatic rings. The smallest absolute Gasteiger partial charge is 0.228 e. The van der Waals surface area contributed by atoms with Crippen molar-refractivity contribution >= 4 is 39.9 Å². The average Bonchev–Trinajstić information content (AvgIpc) is 3.03. The van der Waals surface area contributed by atoms with Gasteiger partial charge >= 0.3 is 0 Å². The monoisotopic (exact) mass is 366 g/mol. The van der Waals surface area contributed by atoms with Crippen LogP contribution in [0.2, 0.25) is 0 Å². The third-order valence-corrected chi connectivity index (χ3v) is 4.95. The second-order valence-corrected chi connectivity index (χ2v) is 6.86. The van der Waals surface area contributed by atoms with E-state index >= 15 is 0 Å². The number of carbonyl (C=O) groups is 1. The molecule has 0 saturated heterocycles. The summed E-state index contributed by atoms with van der Waals surface area (Å²) in [6.07, 6.45) is 0.432. The molecule has 0 unspecified atom stereocenters. The summed E-state index contributed by atoms with van der Waals surface area (Å²) in [4.78, 5) is 16.0. The van der Waals surface area contributed by atoms with Gasteiger partial charge in [-0.2, -0.15) is 5.10 Å². The standard InChI is InChI=1S/C19H18N4O2S/c1-2-25-15-6-4-14(5-7-15)20-19-23-22-17(11-26-19)12-3-8-16-13(9-12)10-18(24)21-16/h3-9H,2,10-11H2,1H3,(H,20,23)(H,21,24). The minimum Gasteiger partial charge on any atom is -0.494 e. The predicted molar refractivity (Wildman–Crippen MR) is 106 cm³/mol. The van der Waals surface area contributed by atoms with Gasteiger partial charge in [0.1, 0.15) is 5.75 Å². The topological polar surface area (TPSA) is 75.1 Å². The average molecular weight is 366 g/mol. The number of fused-ring (bicyclic) bond motifs is 1. The molecule has 0 atom stereocenters. The van der Waals surface area contributed by atoms with Crippen molar-refractivity contribution in [3.63, 3.8) is 0 Å². The number of ether oxygens (including phenoxy) is 1. The lowest BCUT2D eigenvalue weighted by molar-refractivity contribution is -0.115. The van der Waals surface area contributed by atoms with E-state index < -0.39 is 0 Å². The lowest BCUT2D eigenvalue weighted by Gasteiger charge is -2.15. The number of hydrazone groups is 1. The van der Waals surface area contributed by atoms with Crippen molar-refractivity contribution in [1.82, 2.24) is 5.43 Å². The first kappa shape index (κ1) is 16.7. The molecular formula is C19H18N4O2S. The fraction of sp³-hybridized carbons (Fsp3) is 0.211. The van der Waals surface area contributed by atoms with Gasteiger partial charge in [0.2, 0.25) is 5.91 Å². The zero-order valence-corrected chi connectivity index (χ0v) is 15.1. The summed E-state index contributed by atoms with van der Waals surface area (Å²) in [5.41, 5.74) is 7.76. The van der Waals surface area contributed by atoms with Gasteiger partial charge in [-0.25, -0.2) is 4.99 Å². The van der Waals surface area contributed by atoms with E-state index in [1.165, 1.54) is 0 Å². The van der Waals surface area contributed by atoms with E-state index in [1.807, 2.05) is 49.4 Å². The van der Waals surface area contributed by atoms with Crippen molar-refractivity contribution in [3.05, 3.63) is 53.6 Å². The molecule has 4 rings (SSSR count). The predicted octanol–water partition coefficient (Wildman–Crippen LogP) is 3.31. The largest absolute Gasteiger partial charge is 0.494 e. The van der Waals surface area contributed by atoms with Crippen LogP contribution in [0.4, 0.5) is 11.4 Å². The normalized spacial score (nSPS) is 17.3. The molecule has 2 aliphatic heterocycles. The fourth-order valence-electron chi connectivity index (χ4n) is 2.83. The van der Waals surface area contributed by atoms with E-state index in [2.05, 4.69) is 20.8 Å². The third kappa shape index (κ3) is 3.57. The summed E-state index contributed by atoms with van der Waals surface area (Å²) in [5, 5.41) is 8.06. The maximum absolute atomic E-state index is 11.5. The molecule has 0 bridgehead atoms. The number of aliphatic imine (C=N–C) groups is 1. The van der Waals surface area contributed by atoms with Gasteiger partial charge in [0, 0.05) is 11.4 Å². The van der Waals surface area contributed by atoms with Crippen LogP contribution in [0.25, 0.3) is 0 Å². The van der Waals surface area contributed by atoms with Crippen LogP contribution in [0.5, 0.6) is 5.75 Å². The number of benzene rings is 2. The van der Waals surface area contributed by atoms with Crippen molar-refractivity contribution in [2.45, 2.75) is 13.3 Å². The van der Waals surface area contributed by atoms with Gasteiger partial charge in [-0.1, -0.05) is 17.8 Å². The Bertz CT molecular complexity index is 906. The van der Waals surface area contributed by atoms with Crippen molar-refractivity contribution in [1.29, 1.82) is 0 Å². The SMILES string of the molecule is CCOc1ccc(N=C2NN=C(c3ccc4c(c3)CC(=O)N4)CS2)cc1. The minimum absolute atomic E-state index is 0.0417. The maximum Gasteiger partial charge on any atom is 0.228 e. The molecule has 2 N–H and O–H groups in total. The number of nitrogens with zero attached hydrogens (tertiary/aromatic N) is 2. The Hall–Kier alpha value is -2.80. The van der Waals surface area contributed by atoms with Crippen LogP contribution in [0.3, 0.4) is 0 Å². The van der Waals surface area contributed by atoms with Gasteiger partial charge in [-0.3, -0.25) is 10.2 Å². The Kier molecular flexibility index (Phi) is 4.62. The summed E-state index contributed by atoms with van der Waals surface area (Å²) in [7, 11) is 0. The van der Waals surface area contributed by atoms with E-state index in [4.69, 9.17) is 4.74 Å². The number of anilines is 1. The van der Waals surface area contributed by atoms with Crippen LogP contribution in [-0.4, -0.2) is 29.1 Å². The molecule has 2 aromatic rings. The Morgan fingerprint density at radius 1 is 1.23 bits per heavy atom. The van der Waals surface area contributed by atoms with Crippen LogP contribution in [-0.2, 0) is 11.2 Å². The van der Waals surface area contributed by atoms with Crippen LogP contribution in [0.1, 0.15) is 18.1 Å². The van der Waals surface area contributed by atoms with E-state index in [-0.39, 0.29) is 5.91 Å². The lowest BCUT2D eigenvalue weighted by atomic mass is 10.1. The molecule has 26 heavy (non-hydrogen) atoms. The Labute approximate surface area is 155 Å². The van der Waals surface area contributed by atoms with Gasteiger partial charge < -0.3 is 10.1 Å². The molecular weight excluding hydrogens is 348 g/mol. The number of hydrogen-bond acceptors (Lipinski definition) is 5. The maximum atomic E-state index is 11.5. The molecule has 6 nitrogen and oxygen atoms in total. The molecule has 0 fully saturated rings. The molecule has 132 valence electrons. The Morgan fingerprint density at radius 2 is 2.08 bits per heavy atom. The van der Waals surface area contributed by atoms with Crippen molar-refractivity contribution in [2.75, 3.05) is 17.7 Å². The molecule has 0 radical (unpaired) electrons. The first-order valence-electron chi connectivity index (χ1n) is 8.41. The number of nitrogens with one attached hydrogen (secondary N) is 2. The number of thioether (sulfide) groups is 1. The van der Waals surface area contributed by atoms with Crippen molar-refractivity contribution in [2.24, 2.45) is 10.1 Å². The summed E-state index contributed by atoms with van der Waals surface area (Å²) in [6, 6.07) is 13.6. The van der Waals surface area contributed by atoms with E-state index in [0.717, 1.165) is 44.9 Å². The highest BCUT2D eigenvalue weighted by Gasteiger charge is 2.20. The quantitative estimate of drug-likeness (QED) is 0.871. The van der Waals surface area contributed by atoms with Gasteiger partial charge in [-0.05, 0) is 54.4 Å². The molecule has 0 saturated carbocycles. The van der Waals surface area contributed by atoms with Crippen molar-refractivity contribution in [3.8, 4) is 5.75 Å². The molecule has 0 aromatic heterocycles. The number of hydrogen-bond donors (Lipinski definition) is 2. The third-order valence-electron chi connectivity index (χ3n) is 4.07.